The monoisotopic (exact) mass is 252 g/mol. The number of aromatic nitrogens is 2. The number of hydrogen-bond donors (Lipinski definition) is 0. The van der Waals surface area contributed by atoms with Crippen LogP contribution in [0.15, 0.2) is 0 Å². The Hall–Kier alpha value is -1.38. The minimum absolute atomic E-state index is 0.381. The van der Waals surface area contributed by atoms with Crippen molar-refractivity contribution in [3.05, 3.63) is 16.5 Å². The Labute approximate surface area is 105 Å². The van der Waals surface area contributed by atoms with Crippen LogP contribution in [0.3, 0.4) is 0 Å². The van der Waals surface area contributed by atoms with Crippen LogP contribution in [0, 0.1) is 25.2 Å². The van der Waals surface area contributed by atoms with Crippen molar-refractivity contribution in [3.8, 4) is 6.07 Å². The van der Waals surface area contributed by atoms with Crippen molar-refractivity contribution in [1.29, 1.82) is 5.26 Å². The molecule has 0 saturated carbocycles. The van der Waals surface area contributed by atoms with Crippen LogP contribution in [0.5, 0.6) is 0 Å². The van der Waals surface area contributed by atoms with Crippen LogP contribution >= 0.6 is 11.6 Å². The van der Waals surface area contributed by atoms with E-state index in [0.29, 0.717) is 30.7 Å². The van der Waals surface area contributed by atoms with Gasteiger partial charge in [0.25, 0.3) is 0 Å². The van der Waals surface area contributed by atoms with E-state index in [1.807, 2.05) is 18.7 Å². The van der Waals surface area contributed by atoms with E-state index in [2.05, 4.69) is 16.0 Å². The van der Waals surface area contributed by atoms with Gasteiger partial charge in [-0.2, -0.15) is 5.26 Å². The van der Waals surface area contributed by atoms with Gasteiger partial charge < -0.3 is 9.64 Å². The van der Waals surface area contributed by atoms with E-state index in [4.69, 9.17) is 21.6 Å². The van der Waals surface area contributed by atoms with E-state index < -0.39 is 6.10 Å². The summed E-state index contributed by atoms with van der Waals surface area (Å²) in [6.45, 7) is 5.42. The zero-order valence-electron chi connectivity index (χ0n) is 9.77. The van der Waals surface area contributed by atoms with Gasteiger partial charge >= 0.3 is 0 Å². The molecule has 90 valence electrons. The molecule has 1 saturated heterocycles. The molecular formula is C11H13ClN4O. The van der Waals surface area contributed by atoms with E-state index in [-0.39, 0.29) is 0 Å². The number of nitrogens with zero attached hydrogens (tertiary/aromatic N) is 4. The third kappa shape index (κ3) is 2.48. The maximum atomic E-state index is 8.85. The fraction of sp³-hybridized carbons (Fsp3) is 0.545. The summed E-state index contributed by atoms with van der Waals surface area (Å²) in [5, 5.41) is 9.23. The van der Waals surface area contributed by atoms with Crippen LogP contribution in [0.25, 0.3) is 0 Å². The van der Waals surface area contributed by atoms with Crippen molar-refractivity contribution in [2.45, 2.75) is 20.0 Å². The normalized spacial score (nSPS) is 20.1. The highest BCUT2D eigenvalue weighted by Gasteiger charge is 2.23. The first-order valence-electron chi connectivity index (χ1n) is 5.38. The summed E-state index contributed by atoms with van der Waals surface area (Å²) in [5.74, 6) is 0.637. The number of morpholine rings is 1. The lowest BCUT2D eigenvalue weighted by molar-refractivity contribution is 0.0761. The minimum atomic E-state index is -0.428. The summed E-state index contributed by atoms with van der Waals surface area (Å²) in [4.78, 5) is 10.6. The molecule has 1 fully saturated rings. The summed E-state index contributed by atoms with van der Waals surface area (Å²) in [6.07, 6.45) is -0.428. The molecule has 5 nitrogen and oxygen atoms in total. The Morgan fingerprint density at radius 3 is 2.82 bits per heavy atom. The molecule has 2 rings (SSSR count). The van der Waals surface area contributed by atoms with E-state index in [1.165, 1.54) is 0 Å². The fourth-order valence-corrected chi connectivity index (χ4v) is 1.97. The standard InChI is InChI=1S/C11H13ClN4O/c1-7-8(2)15-11(10(12)14-7)16-3-4-17-9(5-13)6-16/h9H,3-4,6H2,1-2H3. The number of aryl methyl sites for hydroxylation is 2. The molecule has 1 aromatic rings. The molecule has 1 aliphatic rings. The molecule has 0 bridgehead atoms. The summed E-state index contributed by atoms with van der Waals surface area (Å²) in [7, 11) is 0. The molecule has 1 aliphatic heterocycles. The summed E-state index contributed by atoms with van der Waals surface area (Å²) >= 11 is 6.09. The average molecular weight is 253 g/mol. The molecule has 6 heteroatoms. The molecule has 0 N–H and O–H groups in total. The largest absolute Gasteiger partial charge is 0.360 e. The Morgan fingerprint density at radius 1 is 1.41 bits per heavy atom. The van der Waals surface area contributed by atoms with E-state index in [1.54, 1.807) is 0 Å². The van der Waals surface area contributed by atoms with Crippen LogP contribution < -0.4 is 4.90 Å². The SMILES string of the molecule is Cc1nc(Cl)c(N2CCOC(C#N)C2)nc1C. The van der Waals surface area contributed by atoms with Crippen LogP contribution in [0.2, 0.25) is 5.15 Å². The molecule has 0 amide bonds. The Bertz CT molecular complexity index is 471. The quantitative estimate of drug-likeness (QED) is 0.758. The molecular weight excluding hydrogens is 240 g/mol. The topological polar surface area (TPSA) is 62.0 Å². The molecule has 0 aromatic carbocycles. The number of nitriles is 1. The zero-order valence-corrected chi connectivity index (χ0v) is 10.5. The molecule has 1 atom stereocenters. The third-order valence-electron chi connectivity index (χ3n) is 2.76. The van der Waals surface area contributed by atoms with E-state index in [9.17, 15) is 0 Å². The fourth-order valence-electron chi connectivity index (χ4n) is 1.68. The lowest BCUT2D eigenvalue weighted by Crippen LogP contribution is -2.42. The van der Waals surface area contributed by atoms with Crippen molar-refractivity contribution in [2.24, 2.45) is 0 Å². The first kappa shape index (κ1) is 12.1. The Kier molecular flexibility index (Phi) is 3.46. The molecule has 1 aromatic heterocycles. The van der Waals surface area contributed by atoms with Crippen LogP contribution in [0.1, 0.15) is 11.4 Å². The first-order valence-corrected chi connectivity index (χ1v) is 5.76. The lowest BCUT2D eigenvalue weighted by Gasteiger charge is -2.31. The second-order valence-corrected chi connectivity index (χ2v) is 4.30. The van der Waals surface area contributed by atoms with Crippen LogP contribution in [0.4, 0.5) is 5.82 Å². The summed E-state index contributed by atoms with van der Waals surface area (Å²) < 4.78 is 5.28. The van der Waals surface area contributed by atoms with Crippen molar-refractivity contribution in [3.63, 3.8) is 0 Å². The lowest BCUT2D eigenvalue weighted by atomic mass is 10.3. The molecule has 2 heterocycles. The van der Waals surface area contributed by atoms with Gasteiger partial charge in [-0.3, -0.25) is 0 Å². The number of anilines is 1. The number of hydrogen-bond acceptors (Lipinski definition) is 5. The molecule has 0 spiro atoms. The Morgan fingerprint density at radius 2 is 2.12 bits per heavy atom. The third-order valence-corrected chi connectivity index (χ3v) is 3.01. The van der Waals surface area contributed by atoms with Crippen molar-refractivity contribution >= 4 is 17.4 Å². The Balaban J connectivity index is 2.28. The highest BCUT2D eigenvalue weighted by molar-refractivity contribution is 6.31. The maximum absolute atomic E-state index is 8.85. The van der Waals surface area contributed by atoms with Gasteiger partial charge in [-0.05, 0) is 13.8 Å². The predicted molar refractivity (Wildman–Crippen MR) is 64.1 cm³/mol. The molecule has 17 heavy (non-hydrogen) atoms. The van der Waals surface area contributed by atoms with Gasteiger partial charge in [-0.25, -0.2) is 9.97 Å². The van der Waals surface area contributed by atoms with Gasteiger partial charge in [0.1, 0.15) is 0 Å². The second-order valence-electron chi connectivity index (χ2n) is 3.94. The van der Waals surface area contributed by atoms with E-state index in [0.717, 1.165) is 11.4 Å². The van der Waals surface area contributed by atoms with Crippen molar-refractivity contribution in [2.75, 3.05) is 24.6 Å². The van der Waals surface area contributed by atoms with Gasteiger partial charge in [-0.15, -0.1) is 0 Å². The summed E-state index contributed by atoms with van der Waals surface area (Å²) in [5.41, 5.74) is 1.67. The van der Waals surface area contributed by atoms with E-state index >= 15 is 0 Å². The zero-order chi connectivity index (χ0) is 12.4. The predicted octanol–water partition coefficient (Wildman–Crippen LogP) is 1.48. The average Bonchev–Trinajstić information content (AvgIpc) is 2.34. The highest BCUT2D eigenvalue weighted by atomic mass is 35.5. The van der Waals surface area contributed by atoms with Crippen LogP contribution in [-0.4, -0.2) is 35.8 Å². The summed E-state index contributed by atoms with van der Waals surface area (Å²) in [6, 6.07) is 2.09. The molecule has 0 aliphatic carbocycles. The molecule has 1 unspecified atom stereocenters. The molecule has 0 radical (unpaired) electrons. The van der Waals surface area contributed by atoms with Gasteiger partial charge in [0.05, 0.1) is 30.6 Å². The number of rotatable bonds is 1. The highest BCUT2D eigenvalue weighted by Crippen LogP contribution is 2.24. The van der Waals surface area contributed by atoms with Gasteiger partial charge in [0.2, 0.25) is 0 Å². The second kappa shape index (κ2) is 4.86. The van der Waals surface area contributed by atoms with Gasteiger partial charge in [0.15, 0.2) is 17.1 Å². The van der Waals surface area contributed by atoms with Crippen LogP contribution in [-0.2, 0) is 4.74 Å². The van der Waals surface area contributed by atoms with Gasteiger partial charge in [0, 0.05) is 6.54 Å². The van der Waals surface area contributed by atoms with Gasteiger partial charge in [-0.1, -0.05) is 11.6 Å². The van der Waals surface area contributed by atoms with Crippen molar-refractivity contribution in [1.82, 2.24) is 9.97 Å². The number of ether oxygens (including phenoxy) is 1. The first-order chi connectivity index (χ1) is 8.11. The smallest absolute Gasteiger partial charge is 0.171 e. The minimum Gasteiger partial charge on any atom is -0.360 e. The number of halogens is 1. The van der Waals surface area contributed by atoms with Crippen molar-refractivity contribution < 1.29 is 4.74 Å². The maximum Gasteiger partial charge on any atom is 0.171 e.